The lowest BCUT2D eigenvalue weighted by molar-refractivity contribution is 0.411. The van der Waals surface area contributed by atoms with Crippen molar-refractivity contribution >= 4 is 20.9 Å². The van der Waals surface area contributed by atoms with Crippen molar-refractivity contribution in [3.63, 3.8) is 0 Å². The number of rotatable bonds is 5. The van der Waals surface area contributed by atoms with E-state index in [0.717, 1.165) is 22.0 Å². The first-order chi connectivity index (χ1) is 12.7. The summed E-state index contributed by atoms with van der Waals surface area (Å²) in [5.41, 5.74) is 3.08. The number of nitrogens with one attached hydrogen (secondary N) is 2. The first kappa shape index (κ1) is 19.1. The highest BCUT2D eigenvalue weighted by Gasteiger charge is 2.19. The van der Waals surface area contributed by atoms with Crippen molar-refractivity contribution < 1.29 is 13.2 Å². The first-order valence-electron chi connectivity index (χ1n) is 8.49. The van der Waals surface area contributed by atoms with Gasteiger partial charge < -0.3 is 9.72 Å². The topological polar surface area (TPSA) is 88.3 Å². The van der Waals surface area contributed by atoms with E-state index in [1.54, 1.807) is 39.2 Å². The average Bonchev–Trinajstić information content (AvgIpc) is 2.62. The molecule has 1 heterocycles. The molecule has 1 aromatic heterocycles. The van der Waals surface area contributed by atoms with Crippen LogP contribution in [0.3, 0.4) is 0 Å². The van der Waals surface area contributed by atoms with Gasteiger partial charge in [-0.1, -0.05) is 18.2 Å². The highest BCUT2D eigenvalue weighted by Crippen LogP contribution is 2.25. The molecule has 0 bridgehead atoms. The van der Waals surface area contributed by atoms with Gasteiger partial charge >= 0.3 is 0 Å². The Morgan fingerprint density at radius 3 is 2.48 bits per heavy atom. The van der Waals surface area contributed by atoms with Crippen molar-refractivity contribution in [1.29, 1.82) is 0 Å². The van der Waals surface area contributed by atoms with Gasteiger partial charge in [0.05, 0.1) is 17.5 Å². The van der Waals surface area contributed by atoms with Gasteiger partial charge in [-0.25, -0.2) is 13.1 Å². The highest BCUT2D eigenvalue weighted by atomic mass is 32.2. The maximum atomic E-state index is 12.7. The van der Waals surface area contributed by atoms with E-state index in [-0.39, 0.29) is 17.0 Å². The molecule has 142 valence electrons. The number of aryl methyl sites for hydroxylation is 3. The summed E-state index contributed by atoms with van der Waals surface area (Å²) in [5.74, 6) is 0.632. The number of aromatic amines is 1. The van der Waals surface area contributed by atoms with Crippen molar-refractivity contribution in [1.82, 2.24) is 9.71 Å². The zero-order valence-electron chi connectivity index (χ0n) is 15.7. The molecule has 0 atom stereocenters. The molecule has 3 rings (SSSR count). The molecule has 7 heteroatoms. The van der Waals surface area contributed by atoms with Crippen LogP contribution in [0.25, 0.3) is 10.9 Å². The van der Waals surface area contributed by atoms with Gasteiger partial charge in [0.25, 0.3) is 5.56 Å². The maximum absolute atomic E-state index is 12.7. The minimum absolute atomic E-state index is 0.0912. The summed E-state index contributed by atoms with van der Waals surface area (Å²) in [6, 6.07) is 10.7. The van der Waals surface area contributed by atoms with Crippen LogP contribution in [0.1, 0.15) is 22.3 Å². The number of aromatic nitrogens is 1. The third kappa shape index (κ3) is 3.74. The van der Waals surface area contributed by atoms with Crippen molar-refractivity contribution in [2.24, 2.45) is 0 Å². The van der Waals surface area contributed by atoms with E-state index >= 15 is 0 Å². The molecule has 0 saturated heterocycles. The van der Waals surface area contributed by atoms with Gasteiger partial charge in [0.15, 0.2) is 0 Å². The van der Waals surface area contributed by atoms with Crippen LogP contribution in [-0.2, 0) is 16.6 Å². The Morgan fingerprint density at radius 1 is 1.04 bits per heavy atom. The average molecular weight is 386 g/mol. The Balaban J connectivity index is 1.92. The molecule has 0 radical (unpaired) electrons. The summed E-state index contributed by atoms with van der Waals surface area (Å²) < 4.78 is 33.2. The van der Waals surface area contributed by atoms with Crippen LogP contribution in [0.2, 0.25) is 0 Å². The molecule has 0 aliphatic carbocycles. The number of hydrogen-bond acceptors (Lipinski definition) is 4. The van der Waals surface area contributed by atoms with Gasteiger partial charge in [-0.2, -0.15) is 0 Å². The summed E-state index contributed by atoms with van der Waals surface area (Å²) in [7, 11) is -2.23. The monoisotopic (exact) mass is 386 g/mol. The molecular formula is C20H22N2O4S. The van der Waals surface area contributed by atoms with Crippen molar-refractivity contribution in [3.05, 3.63) is 69.0 Å². The number of pyridine rings is 1. The predicted octanol–water partition coefficient (Wildman–Crippen LogP) is 2.94. The second-order valence-corrected chi connectivity index (χ2v) is 8.31. The summed E-state index contributed by atoms with van der Waals surface area (Å²) in [5, 5.41) is 0.861. The Labute approximate surface area is 158 Å². The number of sulfonamides is 1. The minimum Gasteiger partial charge on any atom is -0.496 e. The lowest BCUT2D eigenvalue weighted by Crippen LogP contribution is -2.27. The number of fused-ring (bicyclic) bond motifs is 1. The van der Waals surface area contributed by atoms with Gasteiger partial charge in [-0.3, -0.25) is 4.79 Å². The third-order valence-electron chi connectivity index (χ3n) is 4.60. The molecule has 0 fully saturated rings. The van der Waals surface area contributed by atoms with Crippen LogP contribution in [-0.4, -0.2) is 20.5 Å². The van der Waals surface area contributed by atoms with Crippen molar-refractivity contribution in [2.45, 2.75) is 32.2 Å². The Morgan fingerprint density at radius 2 is 1.78 bits per heavy atom. The second kappa shape index (κ2) is 7.17. The second-order valence-electron chi connectivity index (χ2n) is 6.57. The smallest absolute Gasteiger partial charge is 0.252 e. The van der Waals surface area contributed by atoms with E-state index in [2.05, 4.69) is 9.71 Å². The number of benzene rings is 2. The van der Waals surface area contributed by atoms with Gasteiger partial charge in [0.2, 0.25) is 10.0 Å². The summed E-state index contributed by atoms with van der Waals surface area (Å²) >= 11 is 0. The number of ether oxygens (including phenoxy) is 1. The van der Waals surface area contributed by atoms with Crippen LogP contribution in [0.15, 0.2) is 46.1 Å². The molecule has 0 aliphatic rings. The van der Waals surface area contributed by atoms with Crippen molar-refractivity contribution in [3.8, 4) is 5.75 Å². The van der Waals surface area contributed by atoms with E-state index in [1.165, 1.54) is 0 Å². The van der Waals surface area contributed by atoms with Gasteiger partial charge in [0.1, 0.15) is 5.75 Å². The predicted molar refractivity (Wildman–Crippen MR) is 106 cm³/mol. The number of methoxy groups -OCH3 is 1. The summed E-state index contributed by atoms with van der Waals surface area (Å²) in [6.07, 6.45) is 0. The Bertz CT molecular complexity index is 1180. The van der Waals surface area contributed by atoms with Gasteiger partial charge in [-0.05, 0) is 61.0 Å². The number of H-pyrrole nitrogens is 1. The normalized spacial score (nSPS) is 11.7. The fraction of sp³-hybridized carbons (Fsp3) is 0.250. The Hall–Kier alpha value is -2.64. The summed E-state index contributed by atoms with van der Waals surface area (Å²) in [6.45, 7) is 5.32. The van der Waals surface area contributed by atoms with Crippen LogP contribution in [0, 0.1) is 20.8 Å². The molecule has 0 amide bonds. The molecule has 6 nitrogen and oxygen atoms in total. The molecule has 27 heavy (non-hydrogen) atoms. The molecule has 0 unspecified atom stereocenters. The van der Waals surface area contributed by atoms with Crippen molar-refractivity contribution in [2.75, 3.05) is 7.11 Å². The lowest BCUT2D eigenvalue weighted by atomic mass is 10.1. The van der Waals surface area contributed by atoms with Crippen LogP contribution in [0.5, 0.6) is 5.75 Å². The van der Waals surface area contributed by atoms with Crippen LogP contribution in [0.4, 0.5) is 0 Å². The van der Waals surface area contributed by atoms with E-state index in [9.17, 15) is 13.2 Å². The van der Waals surface area contributed by atoms with E-state index in [0.29, 0.717) is 16.9 Å². The summed E-state index contributed by atoms with van der Waals surface area (Å²) in [4.78, 5) is 15.3. The zero-order chi connectivity index (χ0) is 19.8. The highest BCUT2D eigenvalue weighted by molar-refractivity contribution is 7.89. The number of para-hydroxylation sites is 1. The van der Waals surface area contributed by atoms with Crippen LogP contribution >= 0.6 is 0 Å². The molecule has 0 aliphatic heterocycles. The SMILES string of the molecule is COc1cc(C)c(S(=O)(=O)NCc2cc3cccc(C)c3[nH]c2=O)cc1C. The number of hydrogen-bond donors (Lipinski definition) is 2. The standard InChI is InChI=1S/C20H22N2O4S/c1-12-6-5-7-15-10-16(20(23)22-19(12)15)11-21-27(24,25)18-9-13(2)17(26-4)8-14(18)3/h5-10,21H,11H2,1-4H3,(H,22,23). The Kier molecular flexibility index (Phi) is 5.08. The lowest BCUT2D eigenvalue weighted by Gasteiger charge is -2.13. The molecular weight excluding hydrogens is 364 g/mol. The quantitative estimate of drug-likeness (QED) is 0.706. The maximum Gasteiger partial charge on any atom is 0.252 e. The van der Waals surface area contributed by atoms with E-state index in [4.69, 9.17) is 4.74 Å². The zero-order valence-corrected chi connectivity index (χ0v) is 16.5. The van der Waals surface area contributed by atoms with Crippen LogP contribution < -0.4 is 15.0 Å². The molecule has 0 saturated carbocycles. The largest absolute Gasteiger partial charge is 0.496 e. The minimum atomic E-state index is -3.77. The van der Waals surface area contributed by atoms with Gasteiger partial charge in [-0.15, -0.1) is 0 Å². The molecule has 2 aromatic carbocycles. The molecule has 2 N–H and O–H groups in total. The first-order valence-corrected chi connectivity index (χ1v) is 9.97. The fourth-order valence-corrected chi connectivity index (χ4v) is 4.40. The molecule has 3 aromatic rings. The van der Waals surface area contributed by atoms with Gasteiger partial charge in [0, 0.05) is 12.1 Å². The van der Waals surface area contributed by atoms with E-state index < -0.39 is 10.0 Å². The fourth-order valence-electron chi connectivity index (χ4n) is 3.08. The molecule has 0 spiro atoms. The third-order valence-corrected chi connectivity index (χ3v) is 6.14. The van der Waals surface area contributed by atoms with E-state index in [1.807, 2.05) is 25.1 Å².